The highest BCUT2D eigenvalue weighted by atomic mass is 14.2. The lowest BCUT2D eigenvalue weighted by Gasteiger charge is -2.27. The maximum atomic E-state index is 4.17. The smallest absolute Gasteiger partial charge is 0.0999 e. The van der Waals surface area contributed by atoms with E-state index in [-0.39, 0.29) is 0 Å². The van der Waals surface area contributed by atoms with Crippen LogP contribution in [0.1, 0.15) is 86.0 Å². The van der Waals surface area contributed by atoms with Crippen molar-refractivity contribution < 1.29 is 0 Å². The zero-order chi connectivity index (χ0) is 14.9. The van der Waals surface area contributed by atoms with Crippen LogP contribution in [-0.2, 0) is 0 Å². The Balaban J connectivity index is 3.82. The molecule has 0 bridgehead atoms. The van der Waals surface area contributed by atoms with Gasteiger partial charge in [-0.05, 0) is 37.0 Å². The fourth-order valence-corrected chi connectivity index (χ4v) is 2.52. The Morgan fingerprint density at radius 3 is 2.32 bits per heavy atom. The van der Waals surface area contributed by atoms with Crippen LogP contribution in [0.5, 0.6) is 0 Å². The van der Waals surface area contributed by atoms with Crippen molar-refractivity contribution in [3.63, 3.8) is 0 Å². The van der Waals surface area contributed by atoms with E-state index >= 15 is 0 Å². The van der Waals surface area contributed by atoms with Crippen LogP contribution in [0.2, 0.25) is 5.82 Å². The fraction of sp³-hybridized carbons (Fsp3) is 0.889. The van der Waals surface area contributed by atoms with Crippen molar-refractivity contribution in [1.82, 2.24) is 0 Å². The Hall–Kier alpha value is -0.195. The molecule has 0 aliphatic rings. The maximum Gasteiger partial charge on any atom is 0.105 e. The molecular weight excluding hydrogens is 227 g/mol. The Morgan fingerprint density at radius 2 is 1.79 bits per heavy atom. The lowest BCUT2D eigenvalue weighted by atomic mass is 9.69. The van der Waals surface area contributed by atoms with Gasteiger partial charge in [0.05, 0.1) is 0 Å². The number of allylic oxidation sites excluding steroid dienone is 1. The van der Waals surface area contributed by atoms with E-state index in [1.165, 1.54) is 56.9 Å². The van der Waals surface area contributed by atoms with Gasteiger partial charge in [0.2, 0.25) is 0 Å². The highest BCUT2D eigenvalue weighted by Gasteiger charge is 2.19. The molecule has 0 aromatic rings. The summed E-state index contributed by atoms with van der Waals surface area (Å²) >= 11 is 0. The first-order valence-electron chi connectivity index (χ1n) is 8.49. The summed E-state index contributed by atoms with van der Waals surface area (Å²) in [5.41, 5.74) is 1.98. The normalized spacial score (nSPS) is 15.2. The molecule has 19 heavy (non-hydrogen) atoms. The van der Waals surface area contributed by atoms with E-state index in [4.69, 9.17) is 0 Å². The van der Waals surface area contributed by atoms with Crippen LogP contribution in [-0.4, -0.2) is 7.85 Å². The van der Waals surface area contributed by atoms with Gasteiger partial charge in [0.25, 0.3) is 0 Å². The van der Waals surface area contributed by atoms with Crippen LogP contribution in [0.3, 0.4) is 0 Å². The summed E-state index contributed by atoms with van der Waals surface area (Å²) in [6.07, 6.45) is 10.5. The monoisotopic (exact) mass is 264 g/mol. The number of hydrogen-bond donors (Lipinski definition) is 0. The maximum absolute atomic E-state index is 4.17. The number of hydrogen-bond acceptors (Lipinski definition) is 0. The molecule has 0 aliphatic heterocycles. The quantitative estimate of drug-likeness (QED) is 0.327. The zero-order valence-electron chi connectivity index (χ0n) is 14.5. The lowest BCUT2D eigenvalue weighted by molar-refractivity contribution is 0.296. The molecule has 0 radical (unpaired) electrons. The molecule has 2 unspecified atom stereocenters. The third-order valence-electron chi connectivity index (χ3n) is 5.00. The minimum Gasteiger partial charge on any atom is -0.0999 e. The van der Waals surface area contributed by atoms with Gasteiger partial charge in [-0.15, -0.1) is 0 Å². The van der Waals surface area contributed by atoms with Crippen molar-refractivity contribution in [3.05, 3.63) is 12.2 Å². The molecule has 1 heteroatoms. The molecule has 0 amide bonds. The van der Waals surface area contributed by atoms with Gasteiger partial charge in [0.1, 0.15) is 7.85 Å². The molecule has 0 aliphatic carbocycles. The Kier molecular flexibility index (Phi) is 9.57. The molecule has 0 saturated heterocycles. The molecule has 0 aromatic carbocycles. The summed E-state index contributed by atoms with van der Waals surface area (Å²) in [6, 6.07) is 0. The van der Waals surface area contributed by atoms with Crippen molar-refractivity contribution >= 4 is 7.85 Å². The molecule has 0 rings (SSSR count). The van der Waals surface area contributed by atoms with Crippen molar-refractivity contribution in [1.29, 1.82) is 0 Å². The van der Waals surface area contributed by atoms with Gasteiger partial charge in [-0.25, -0.2) is 0 Å². The Bertz CT molecular complexity index is 242. The second kappa shape index (κ2) is 9.67. The summed E-state index contributed by atoms with van der Waals surface area (Å²) in [4.78, 5) is 0. The van der Waals surface area contributed by atoms with Gasteiger partial charge in [-0.2, -0.15) is 0 Å². The fourth-order valence-electron chi connectivity index (χ4n) is 2.52. The van der Waals surface area contributed by atoms with Crippen molar-refractivity contribution in [2.75, 3.05) is 0 Å². The molecule has 0 heterocycles. The first-order chi connectivity index (χ1) is 8.82. The van der Waals surface area contributed by atoms with E-state index < -0.39 is 0 Å². The molecule has 0 saturated carbocycles. The number of rotatable bonds is 11. The van der Waals surface area contributed by atoms with Gasteiger partial charge >= 0.3 is 0 Å². The Morgan fingerprint density at radius 1 is 1.16 bits per heavy atom. The highest BCUT2D eigenvalue weighted by molar-refractivity contribution is 6.11. The molecule has 0 N–H and O–H groups in total. The van der Waals surface area contributed by atoms with Gasteiger partial charge in [0.15, 0.2) is 0 Å². The summed E-state index contributed by atoms with van der Waals surface area (Å²) in [5, 5.41) is 0. The van der Waals surface area contributed by atoms with Crippen LogP contribution >= 0.6 is 0 Å². The van der Waals surface area contributed by atoms with Gasteiger partial charge in [-0.3, -0.25) is 0 Å². The first-order valence-corrected chi connectivity index (χ1v) is 8.49. The van der Waals surface area contributed by atoms with Crippen LogP contribution in [0.25, 0.3) is 0 Å². The van der Waals surface area contributed by atoms with E-state index in [9.17, 15) is 0 Å². The van der Waals surface area contributed by atoms with Crippen LogP contribution in [0.15, 0.2) is 12.2 Å². The van der Waals surface area contributed by atoms with E-state index in [2.05, 4.69) is 49.0 Å². The SMILES string of the molecule is BC(CCC(C)(C)CC)C(C)CCCC(=C)CCC. The third-order valence-corrected chi connectivity index (χ3v) is 5.00. The molecule has 2 atom stereocenters. The summed E-state index contributed by atoms with van der Waals surface area (Å²) < 4.78 is 0. The van der Waals surface area contributed by atoms with E-state index in [1.807, 2.05) is 0 Å². The van der Waals surface area contributed by atoms with Crippen LogP contribution in [0.4, 0.5) is 0 Å². The molecule has 112 valence electrons. The van der Waals surface area contributed by atoms with Gasteiger partial charge < -0.3 is 0 Å². The minimum atomic E-state index is 0.531. The largest absolute Gasteiger partial charge is 0.105 e. The van der Waals surface area contributed by atoms with Crippen molar-refractivity contribution in [2.45, 2.75) is 91.8 Å². The van der Waals surface area contributed by atoms with Gasteiger partial charge in [-0.1, -0.05) is 78.3 Å². The van der Waals surface area contributed by atoms with E-state index in [0.29, 0.717) is 5.41 Å². The highest BCUT2D eigenvalue weighted by Crippen LogP contribution is 2.33. The Labute approximate surface area is 123 Å². The minimum absolute atomic E-state index is 0.531. The van der Waals surface area contributed by atoms with Crippen LogP contribution in [0, 0.1) is 11.3 Å². The topological polar surface area (TPSA) is 0 Å². The van der Waals surface area contributed by atoms with Crippen molar-refractivity contribution in [2.24, 2.45) is 11.3 Å². The molecule has 0 aromatic heterocycles. The standard InChI is InChI=1S/C18H37B/c1-7-10-15(3)11-9-12-16(4)17(19)13-14-18(5,6)8-2/h16-17H,3,7-14,19H2,1-2,4-6H3. The van der Waals surface area contributed by atoms with Crippen molar-refractivity contribution in [3.8, 4) is 0 Å². The average Bonchev–Trinajstić information content (AvgIpc) is 2.36. The second-order valence-electron chi connectivity index (χ2n) is 7.40. The summed E-state index contributed by atoms with van der Waals surface area (Å²) in [6.45, 7) is 16.0. The third kappa shape index (κ3) is 9.35. The molecule has 0 fully saturated rings. The van der Waals surface area contributed by atoms with Gasteiger partial charge in [0, 0.05) is 0 Å². The van der Waals surface area contributed by atoms with Crippen LogP contribution < -0.4 is 0 Å². The average molecular weight is 264 g/mol. The lowest BCUT2D eigenvalue weighted by Crippen LogP contribution is -2.13. The first kappa shape index (κ1) is 18.8. The predicted octanol–water partition coefficient (Wildman–Crippen LogP) is 5.79. The second-order valence-corrected chi connectivity index (χ2v) is 7.40. The van der Waals surface area contributed by atoms with E-state index in [1.54, 1.807) is 0 Å². The zero-order valence-corrected chi connectivity index (χ0v) is 14.5. The predicted molar refractivity (Wildman–Crippen MR) is 92.7 cm³/mol. The summed E-state index contributed by atoms with van der Waals surface area (Å²) in [5.74, 6) is 1.73. The molecular formula is C18H37B. The molecule has 0 nitrogen and oxygen atoms in total. The molecule has 0 spiro atoms. The summed E-state index contributed by atoms with van der Waals surface area (Å²) in [7, 11) is 2.44. The van der Waals surface area contributed by atoms with E-state index in [0.717, 1.165) is 11.7 Å².